The largest absolute Gasteiger partial charge is 0.467 e. The van der Waals surface area contributed by atoms with Gasteiger partial charge < -0.3 is 23.4 Å². The van der Waals surface area contributed by atoms with Crippen molar-refractivity contribution < 1.29 is 33.0 Å². The maximum atomic E-state index is 13.2. The minimum Gasteiger partial charge on any atom is -0.467 e. The van der Waals surface area contributed by atoms with E-state index in [1.807, 2.05) is 6.07 Å². The van der Waals surface area contributed by atoms with E-state index in [9.17, 15) is 9.59 Å². The fourth-order valence-corrected chi connectivity index (χ4v) is 8.78. The summed E-state index contributed by atoms with van der Waals surface area (Å²) in [5.41, 5.74) is 1.06. The average molecular weight is 577 g/mol. The van der Waals surface area contributed by atoms with Gasteiger partial charge in [0, 0.05) is 6.10 Å². The molecule has 1 saturated heterocycles. The van der Waals surface area contributed by atoms with Crippen molar-refractivity contribution in [2.45, 2.75) is 122 Å². The Morgan fingerprint density at radius 2 is 1.65 bits per heavy atom. The lowest BCUT2D eigenvalue weighted by atomic mass is 9.88. The second-order valence-electron chi connectivity index (χ2n) is 11.6. The predicted molar refractivity (Wildman–Crippen MR) is 160 cm³/mol. The van der Waals surface area contributed by atoms with E-state index in [2.05, 4.69) is 65.0 Å². The Kier molecular flexibility index (Phi) is 13.1. The van der Waals surface area contributed by atoms with Crippen molar-refractivity contribution >= 4 is 20.3 Å². The highest BCUT2D eigenvalue weighted by Crippen LogP contribution is 2.42. The summed E-state index contributed by atoms with van der Waals surface area (Å²) in [5.74, 6) is -2.01. The molecule has 2 unspecified atom stereocenters. The average Bonchev–Trinajstić information content (AvgIpc) is 3.23. The van der Waals surface area contributed by atoms with Crippen LogP contribution < -0.4 is 0 Å². The number of allylic oxidation sites excluding steroid dienone is 2. The van der Waals surface area contributed by atoms with E-state index in [1.54, 1.807) is 13.8 Å². The molecule has 40 heavy (non-hydrogen) atoms. The molecule has 0 N–H and O–H groups in total. The van der Waals surface area contributed by atoms with Gasteiger partial charge in [-0.2, -0.15) is 0 Å². The first-order valence-electron chi connectivity index (χ1n) is 14.8. The Morgan fingerprint density at radius 3 is 2.20 bits per heavy atom. The van der Waals surface area contributed by atoms with Crippen LogP contribution in [0.4, 0.5) is 0 Å². The van der Waals surface area contributed by atoms with E-state index in [0.717, 1.165) is 37.4 Å². The van der Waals surface area contributed by atoms with Crippen molar-refractivity contribution in [2.24, 2.45) is 5.92 Å². The Bertz CT molecular complexity index is 964. The summed E-state index contributed by atoms with van der Waals surface area (Å²) < 4.78 is 29.2. The molecule has 0 saturated carbocycles. The molecule has 0 amide bonds. The zero-order valence-corrected chi connectivity index (χ0v) is 27.2. The molecule has 7 nitrogen and oxygen atoms in total. The van der Waals surface area contributed by atoms with Crippen molar-refractivity contribution in [2.75, 3.05) is 14.2 Å². The molecule has 0 bridgehead atoms. The highest BCUT2D eigenvalue weighted by Gasteiger charge is 2.62. The standard InChI is InChI=1S/C32H52O7Si/c1-10-40(11-2,12-3)38-27(19-18-24(4)22-25(5)23-26-16-14-13-15-17-26)20-21-32(30(34)36-9)28(29(33)35-8)37-31(6,7)39-32/h13-17,22,25,27-28H,10-12,18-21,23H2,1-9H3/b24-22+/t25-,27?,28?,32+/m0/s1. The molecule has 1 heterocycles. The van der Waals surface area contributed by atoms with Gasteiger partial charge in [0.1, 0.15) is 0 Å². The fourth-order valence-electron chi connectivity index (χ4n) is 5.84. The monoisotopic (exact) mass is 576 g/mol. The molecule has 1 fully saturated rings. The molecule has 0 radical (unpaired) electrons. The van der Waals surface area contributed by atoms with Gasteiger partial charge in [-0.1, -0.05) is 69.7 Å². The maximum Gasteiger partial charge on any atom is 0.341 e. The van der Waals surface area contributed by atoms with Crippen LogP contribution in [0.1, 0.15) is 79.7 Å². The summed E-state index contributed by atoms with van der Waals surface area (Å²) in [6.07, 6.45) is 4.51. The van der Waals surface area contributed by atoms with Crippen LogP contribution in [-0.4, -0.2) is 58.1 Å². The van der Waals surface area contributed by atoms with Crippen LogP contribution in [0.3, 0.4) is 0 Å². The molecule has 2 rings (SSSR count). The third-order valence-electron chi connectivity index (χ3n) is 8.22. The van der Waals surface area contributed by atoms with Crippen LogP contribution in [0.15, 0.2) is 42.0 Å². The van der Waals surface area contributed by atoms with Gasteiger partial charge >= 0.3 is 11.9 Å². The Labute approximate surface area is 243 Å². The predicted octanol–water partition coefficient (Wildman–Crippen LogP) is 7.00. The molecule has 1 aliphatic rings. The van der Waals surface area contributed by atoms with E-state index in [-0.39, 0.29) is 12.5 Å². The fraction of sp³-hybridized carbons (Fsp3) is 0.688. The summed E-state index contributed by atoms with van der Waals surface area (Å²) in [5, 5.41) is 0. The topological polar surface area (TPSA) is 80.3 Å². The van der Waals surface area contributed by atoms with E-state index in [4.69, 9.17) is 23.4 Å². The number of hydrogen-bond acceptors (Lipinski definition) is 7. The van der Waals surface area contributed by atoms with E-state index in [1.165, 1.54) is 25.4 Å². The van der Waals surface area contributed by atoms with Crippen molar-refractivity contribution in [1.29, 1.82) is 0 Å². The molecule has 1 aliphatic heterocycles. The lowest BCUT2D eigenvalue weighted by Gasteiger charge is -2.36. The van der Waals surface area contributed by atoms with E-state index < -0.39 is 37.7 Å². The minimum atomic E-state index is -1.95. The molecule has 226 valence electrons. The highest BCUT2D eigenvalue weighted by molar-refractivity contribution is 6.73. The number of carbonyl (C=O) groups excluding carboxylic acids is 2. The van der Waals surface area contributed by atoms with Gasteiger partial charge in [-0.25, -0.2) is 9.59 Å². The molecule has 4 atom stereocenters. The van der Waals surface area contributed by atoms with Crippen LogP contribution in [0, 0.1) is 5.92 Å². The first kappa shape index (κ1) is 34.2. The zero-order chi connectivity index (χ0) is 30.0. The quantitative estimate of drug-likeness (QED) is 0.119. The second-order valence-corrected chi connectivity index (χ2v) is 16.4. The molecular weight excluding hydrogens is 524 g/mol. The first-order valence-corrected chi connectivity index (χ1v) is 17.4. The van der Waals surface area contributed by atoms with Crippen LogP contribution in [0.5, 0.6) is 0 Å². The van der Waals surface area contributed by atoms with Crippen molar-refractivity contribution in [3.8, 4) is 0 Å². The lowest BCUT2D eigenvalue weighted by Crippen LogP contribution is -2.53. The number of methoxy groups -OCH3 is 2. The highest BCUT2D eigenvalue weighted by atomic mass is 28.4. The normalized spacial score (nSPS) is 22.5. The zero-order valence-electron chi connectivity index (χ0n) is 26.2. The van der Waals surface area contributed by atoms with Crippen molar-refractivity contribution in [3.63, 3.8) is 0 Å². The van der Waals surface area contributed by atoms with Crippen LogP contribution in [-0.2, 0) is 39.4 Å². The minimum absolute atomic E-state index is 0.0913. The summed E-state index contributed by atoms with van der Waals surface area (Å²) in [6.45, 7) is 14.5. The van der Waals surface area contributed by atoms with Crippen LogP contribution >= 0.6 is 0 Å². The van der Waals surface area contributed by atoms with Crippen molar-refractivity contribution in [1.82, 2.24) is 0 Å². The van der Waals surface area contributed by atoms with Gasteiger partial charge in [0.15, 0.2) is 20.2 Å². The Hall–Kier alpha value is -2.00. The van der Waals surface area contributed by atoms with E-state index in [0.29, 0.717) is 12.3 Å². The molecule has 0 aromatic heterocycles. The summed E-state index contributed by atoms with van der Waals surface area (Å²) in [7, 11) is 0.636. The number of hydrogen-bond donors (Lipinski definition) is 0. The SMILES string of the molecule is CC[Si](CC)(CC)OC(CC/C(C)=C/[C@H](C)Cc1ccccc1)CC[C@@]1(C(=O)OC)OC(C)(C)OC1C(=O)OC. The lowest BCUT2D eigenvalue weighted by molar-refractivity contribution is -0.189. The van der Waals surface area contributed by atoms with Gasteiger partial charge in [0.2, 0.25) is 5.60 Å². The first-order chi connectivity index (χ1) is 18.9. The van der Waals surface area contributed by atoms with Gasteiger partial charge in [-0.15, -0.1) is 0 Å². The molecule has 0 spiro atoms. The second kappa shape index (κ2) is 15.3. The smallest absolute Gasteiger partial charge is 0.341 e. The summed E-state index contributed by atoms with van der Waals surface area (Å²) in [6, 6.07) is 13.6. The number of esters is 2. The third kappa shape index (κ3) is 9.00. The Balaban J connectivity index is 2.26. The van der Waals surface area contributed by atoms with Gasteiger partial charge in [-0.05, 0) is 82.5 Å². The molecular formula is C32H52O7Si. The number of ether oxygens (including phenoxy) is 4. The van der Waals surface area contributed by atoms with E-state index >= 15 is 0 Å². The Morgan fingerprint density at radius 1 is 1.02 bits per heavy atom. The van der Waals surface area contributed by atoms with Crippen molar-refractivity contribution in [3.05, 3.63) is 47.5 Å². The van der Waals surface area contributed by atoms with Crippen LogP contribution in [0.25, 0.3) is 0 Å². The third-order valence-corrected chi connectivity index (χ3v) is 12.9. The molecule has 8 heteroatoms. The molecule has 0 aliphatic carbocycles. The van der Waals surface area contributed by atoms with Gasteiger partial charge in [0.25, 0.3) is 0 Å². The maximum absolute atomic E-state index is 13.2. The van der Waals surface area contributed by atoms with Gasteiger partial charge in [-0.3, -0.25) is 0 Å². The molecule has 1 aromatic carbocycles. The number of rotatable bonds is 16. The van der Waals surface area contributed by atoms with Gasteiger partial charge in [0.05, 0.1) is 14.2 Å². The summed E-state index contributed by atoms with van der Waals surface area (Å²) in [4.78, 5) is 25.9. The number of carbonyl (C=O) groups is 2. The summed E-state index contributed by atoms with van der Waals surface area (Å²) >= 11 is 0. The van der Waals surface area contributed by atoms with Crippen LogP contribution in [0.2, 0.25) is 18.1 Å². The number of benzene rings is 1. The molecule has 1 aromatic rings.